The molecule has 94 valence electrons. The lowest BCUT2D eigenvalue weighted by Crippen LogP contribution is -2.46. The monoisotopic (exact) mass is 242 g/mol. The zero-order valence-electron chi connectivity index (χ0n) is 10.7. The third kappa shape index (κ3) is 2.30. The fourth-order valence-corrected chi connectivity index (χ4v) is 2.64. The molecule has 2 rings (SSSR count). The zero-order valence-corrected chi connectivity index (χ0v) is 10.7. The van der Waals surface area contributed by atoms with Crippen molar-refractivity contribution in [1.29, 1.82) is 5.26 Å². The maximum Gasteiger partial charge on any atom is 0.130 e. The minimum Gasteiger partial charge on any atom is -0.302 e. The highest BCUT2D eigenvalue weighted by atomic mass is 16.1. The largest absolute Gasteiger partial charge is 0.302 e. The Kier molecular flexibility index (Phi) is 3.78. The number of hydrogen-bond acceptors (Lipinski definition) is 3. The van der Waals surface area contributed by atoms with Gasteiger partial charge in [-0.05, 0) is 25.3 Å². The summed E-state index contributed by atoms with van der Waals surface area (Å²) in [7, 11) is 0. The zero-order chi connectivity index (χ0) is 13.0. The smallest absolute Gasteiger partial charge is 0.130 e. The molecule has 0 N–H and O–H groups in total. The maximum absolute atomic E-state index is 11.5. The Bertz CT molecular complexity index is 441. The molecule has 0 saturated carbocycles. The van der Waals surface area contributed by atoms with Gasteiger partial charge in [0.25, 0.3) is 0 Å². The molecule has 0 spiro atoms. The van der Waals surface area contributed by atoms with Crippen molar-refractivity contribution in [1.82, 2.24) is 4.90 Å². The van der Waals surface area contributed by atoms with Crippen LogP contribution in [0.5, 0.6) is 0 Å². The van der Waals surface area contributed by atoms with Crippen LogP contribution in [0.4, 0.5) is 0 Å². The lowest BCUT2D eigenvalue weighted by Gasteiger charge is -2.39. The van der Waals surface area contributed by atoms with E-state index in [0.29, 0.717) is 0 Å². The van der Waals surface area contributed by atoms with Crippen LogP contribution in [-0.4, -0.2) is 30.3 Å². The van der Waals surface area contributed by atoms with E-state index in [-0.39, 0.29) is 11.5 Å². The Hall–Kier alpha value is -1.66. The second kappa shape index (κ2) is 5.32. The first kappa shape index (κ1) is 12.8. The standard InChI is InChI=1S/C15H18N2O/c1-13(11-16)17-9-7-15(12-18,8-10-17)14-5-3-2-4-6-14/h2-6,12-13H,7-10H2,1H3. The van der Waals surface area contributed by atoms with E-state index in [4.69, 9.17) is 5.26 Å². The predicted octanol–water partition coefficient (Wildman–Crippen LogP) is 2.13. The summed E-state index contributed by atoms with van der Waals surface area (Å²) in [4.78, 5) is 13.7. The number of likely N-dealkylation sites (tertiary alicyclic amines) is 1. The topological polar surface area (TPSA) is 44.1 Å². The number of nitrogens with zero attached hydrogens (tertiary/aromatic N) is 2. The van der Waals surface area contributed by atoms with Gasteiger partial charge in [0.15, 0.2) is 0 Å². The molecule has 1 aromatic rings. The van der Waals surface area contributed by atoms with Crippen molar-refractivity contribution in [2.75, 3.05) is 13.1 Å². The van der Waals surface area contributed by atoms with E-state index in [0.717, 1.165) is 37.8 Å². The van der Waals surface area contributed by atoms with Gasteiger partial charge in [0.05, 0.1) is 17.5 Å². The van der Waals surface area contributed by atoms with Crippen molar-refractivity contribution >= 4 is 6.29 Å². The molecule has 1 aliphatic rings. The Morgan fingerprint density at radius 1 is 1.33 bits per heavy atom. The molecular formula is C15H18N2O. The fraction of sp³-hybridized carbons (Fsp3) is 0.467. The van der Waals surface area contributed by atoms with Gasteiger partial charge in [-0.3, -0.25) is 4.90 Å². The molecule has 3 heteroatoms. The van der Waals surface area contributed by atoms with Crippen LogP contribution in [0, 0.1) is 11.3 Å². The average molecular weight is 242 g/mol. The van der Waals surface area contributed by atoms with Crippen molar-refractivity contribution in [2.45, 2.75) is 31.2 Å². The summed E-state index contributed by atoms with van der Waals surface area (Å²) in [5.41, 5.74) is 0.747. The Balaban J connectivity index is 2.15. The molecule has 18 heavy (non-hydrogen) atoms. The molecule has 3 nitrogen and oxygen atoms in total. The molecule has 0 amide bonds. The fourth-order valence-electron chi connectivity index (χ4n) is 2.64. The van der Waals surface area contributed by atoms with E-state index in [1.165, 1.54) is 0 Å². The van der Waals surface area contributed by atoms with Crippen molar-refractivity contribution in [3.63, 3.8) is 0 Å². The van der Waals surface area contributed by atoms with Crippen molar-refractivity contribution in [3.05, 3.63) is 35.9 Å². The maximum atomic E-state index is 11.5. The van der Waals surface area contributed by atoms with Gasteiger partial charge in [0.2, 0.25) is 0 Å². The van der Waals surface area contributed by atoms with Crippen molar-refractivity contribution < 1.29 is 4.79 Å². The minimum atomic E-state index is -0.354. The third-order valence-electron chi connectivity index (χ3n) is 4.00. The van der Waals surface area contributed by atoms with Gasteiger partial charge < -0.3 is 4.79 Å². The molecule has 1 unspecified atom stereocenters. The molecule has 1 aromatic carbocycles. The van der Waals surface area contributed by atoms with Crippen LogP contribution >= 0.6 is 0 Å². The normalized spacial score (nSPS) is 20.9. The van der Waals surface area contributed by atoms with E-state index < -0.39 is 0 Å². The van der Waals surface area contributed by atoms with Gasteiger partial charge in [0.1, 0.15) is 6.29 Å². The number of carbonyl (C=O) groups is 1. The van der Waals surface area contributed by atoms with Crippen LogP contribution in [-0.2, 0) is 10.2 Å². The molecule has 1 fully saturated rings. The minimum absolute atomic E-state index is 0.0644. The molecule has 1 saturated heterocycles. The van der Waals surface area contributed by atoms with E-state index in [1.54, 1.807) is 0 Å². The lowest BCUT2D eigenvalue weighted by atomic mass is 9.74. The van der Waals surface area contributed by atoms with Crippen LogP contribution in [0.2, 0.25) is 0 Å². The summed E-state index contributed by atoms with van der Waals surface area (Å²) in [5, 5.41) is 8.93. The molecular weight excluding hydrogens is 224 g/mol. The highest BCUT2D eigenvalue weighted by Crippen LogP contribution is 2.33. The average Bonchev–Trinajstić information content (AvgIpc) is 2.47. The summed E-state index contributed by atoms with van der Waals surface area (Å²) >= 11 is 0. The first-order valence-corrected chi connectivity index (χ1v) is 6.37. The summed E-state index contributed by atoms with van der Waals surface area (Å²) < 4.78 is 0. The second-order valence-corrected chi connectivity index (χ2v) is 4.98. The van der Waals surface area contributed by atoms with E-state index in [1.807, 2.05) is 37.3 Å². The number of nitriles is 1. The molecule has 0 bridgehead atoms. The second-order valence-electron chi connectivity index (χ2n) is 4.98. The van der Waals surface area contributed by atoms with Gasteiger partial charge in [-0.1, -0.05) is 30.3 Å². The SMILES string of the molecule is CC(C#N)N1CCC(C=O)(c2ccccc2)CC1. The van der Waals surface area contributed by atoms with E-state index in [9.17, 15) is 4.79 Å². The molecule has 1 heterocycles. The van der Waals surface area contributed by atoms with E-state index >= 15 is 0 Å². The van der Waals surface area contributed by atoms with Crippen LogP contribution < -0.4 is 0 Å². The highest BCUT2D eigenvalue weighted by molar-refractivity contribution is 5.69. The molecule has 0 aromatic heterocycles. The lowest BCUT2D eigenvalue weighted by molar-refractivity contribution is -0.114. The Morgan fingerprint density at radius 2 is 1.94 bits per heavy atom. The Labute approximate surface area is 108 Å². The van der Waals surface area contributed by atoms with Gasteiger partial charge in [-0.2, -0.15) is 5.26 Å². The third-order valence-corrected chi connectivity index (χ3v) is 4.00. The molecule has 0 aliphatic carbocycles. The number of carbonyl (C=O) groups excluding carboxylic acids is 1. The van der Waals surface area contributed by atoms with E-state index in [2.05, 4.69) is 11.0 Å². The summed E-state index contributed by atoms with van der Waals surface area (Å²) in [5.74, 6) is 0. The molecule has 0 radical (unpaired) electrons. The summed E-state index contributed by atoms with van der Waals surface area (Å²) in [6.45, 7) is 3.53. The number of benzene rings is 1. The number of aldehydes is 1. The van der Waals surface area contributed by atoms with Gasteiger partial charge in [-0.25, -0.2) is 0 Å². The molecule has 1 atom stereocenters. The first-order valence-electron chi connectivity index (χ1n) is 6.37. The molecule has 1 aliphatic heterocycles. The summed E-state index contributed by atoms with van der Waals surface area (Å²) in [6, 6.07) is 12.2. The van der Waals surface area contributed by atoms with Crippen LogP contribution in [0.25, 0.3) is 0 Å². The summed E-state index contributed by atoms with van der Waals surface area (Å²) in [6.07, 6.45) is 2.69. The van der Waals surface area contributed by atoms with Gasteiger partial charge in [0, 0.05) is 13.1 Å². The van der Waals surface area contributed by atoms with Crippen LogP contribution in [0.15, 0.2) is 30.3 Å². The van der Waals surface area contributed by atoms with Gasteiger partial charge >= 0.3 is 0 Å². The highest BCUT2D eigenvalue weighted by Gasteiger charge is 2.36. The quantitative estimate of drug-likeness (QED) is 0.763. The van der Waals surface area contributed by atoms with Crippen molar-refractivity contribution in [3.8, 4) is 6.07 Å². The number of rotatable bonds is 3. The number of hydrogen-bond donors (Lipinski definition) is 0. The first-order chi connectivity index (χ1) is 8.72. The Morgan fingerprint density at radius 3 is 2.44 bits per heavy atom. The number of piperidine rings is 1. The van der Waals surface area contributed by atoms with Crippen molar-refractivity contribution in [2.24, 2.45) is 0 Å². The predicted molar refractivity (Wildman–Crippen MR) is 70.1 cm³/mol. The van der Waals surface area contributed by atoms with Crippen LogP contribution in [0.3, 0.4) is 0 Å². The van der Waals surface area contributed by atoms with Gasteiger partial charge in [-0.15, -0.1) is 0 Å². The van der Waals surface area contributed by atoms with Crippen LogP contribution in [0.1, 0.15) is 25.3 Å².